The average Bonchev–Trinajstić information content (AvgIpc) is 2.73. The summed E-state index contributed by atoms with van der Waals surface area (Å²) < 4.78 is 5.33. The van der Waals surface area contributed by atoms with E-state index in [0.717, 1.165) is 11.3 Å². The molecule has 0 aliphatic carbocycles. The van der Waals surface area contributed by atoms with Crippen LogP contribution in [0.4, 0.5) is 11.5 Å². The number of para-hydroxylation sites is 1. The quantitative estimate of drug-likeness (QED) is 0.606. The number of carbonyl (C=O) groups excluding carboxylic acids is 2. The van der Waals surface area contributed by atoms with Gasteiger partial charge < -0.3 is 15.4 Å². The first kappa shape index (κ1) is 19.1. The van der Waals surface area contributed by atoms with Gasteiger partial charge in [0.25, 0.3) is 5.91 Å². The number of carbonyl (C=O) groups is 2. The summed E-state index contributed by atoms with van der Waals surface area (Å²) >= 11 is 0. The number of nitrogens with one attached hydrogen (secondary N) is 2. The summed E-state index contributed by atoms with van der Waals surface area (Å²) in [6.07, 6.45) is 1.52. The highest BCUT2D eigenvalue weighted by atomic mass is 16.5. The Labute approximate surface area is 163 Å². The maximum absolute atomic E-state index is 12.4. The number of nitrogens with zero attached hydrogens (tertiary/aromatic N) is 1. The molecule has 2 aromatic carbocycles. The molecule has 0 fully saturated rings. The Morgan fingerprint density at radius 3 is 2.32 bits per heavy atom. The van der Waals surface area contributed by atoms with Crippen LogP contribution in [0.2, 0.25) is 0 Å². The van der Waals surface area contributed by atoms with Crippen LogP contribution in [0.5, 0.6) is 5.75 Å². The van der Waals surface area contributed by atoms with E-state index in [9.17, 15) is 9.59 Å². The highest BCUT2D eigenvalue weighted by Gasteiger charge is 2.08. The minimum Gasteiger partial charge on any atom is -0.496 e. The number of ketones is 1. The molecule has 0 unspecified atom stereocenters. The lowest BCUT2D eigenvalue weighted by molar-refractivity contribution is 0.101. The van der Waals surface area contributed by atoms with Crippen molar-refractivity contribution in [3.63, 3.8) is 0 Å². The monoisotopic (exact) mass is 375 g/mol. The number of amides is 1. The fourth-order valence-electron chi connectivity index (χ4n) is 2.66. The van der Waals surface area contributed by atoms with Gasteiger partial charge in [-0.3, -0.25) is 9.59 Å². The number of methoxy groups -OCH3 is 1. The zero-order valence-corrected chi connectivity index (χ0v) is 15.7. The van der Waals surface area contributed by atoms with Crippen LogP contribution in [-0.2, 0) is 6.54 Å². The van der Waals surface area contributed by atoms with Crippen molar-refractivity contribution in [3.8, 4) is 5.75 Å². The molecular formula is C22H21N3O3. The second-order valence-electron chi connectivity index (χ2n) is 6.19. The summed E-state index contributed by atoms with van der Waals surface area (Å²) in [4.78, 5) is 27.9. The van der Waals surface area contributed by atoms with E-state index >= 15 is 0 Å². The number of pyridine rings is 1. The molecule has 2 N–H and O–H groups in total. The second-order valence-corrected chi connectivity index (χ2v) is 6.19. The Kier molecular flexibility index (Phi) is 6.01. The summed E-state index contributed by atoms with van der Waals surface area (Å²) in [5.74, 6) is 1.19. The van der Waals surface area contributed by atoms with Crippen molar-refractivity contribution in [1.29, 1.82) is 0 Å². The molecular weight excluding hydrogens is 354 g/mol. The molecule has 0 aliphatic rings. The van der Waals surface area contributed by atoms with Crippen LogP contribution in [0, 0.1) is 0 Å². The molecule has 6 heteroatoms. The lowest BCUT2D eigenvalue weighted by Gasteiger charge is -2.10. The molecule has 0 radical (unpaired) electrons. The van der Waals surface area contributed by atoms with Gasteiger partial charge in [0.1, 0.15) is 11.6 Å². The van der Waals surface area contributed by atoms with Crippen molar-refractivity contribution < 1.29 is 14.3 Å². The smallest absolute Gasteiger partial charge is 0.257 e. The van der Waals surface area contributed by atoms with E-state index in [-0.39, 0.29) is 11.7 Å². The van der Waals surface area contributed by atoms with E-state index in [0.29, 0.717) is 29.2 Å². The fourth-order valence-corrected chi connectivity index (χ4v) is 2.66. The minimum atomic E-state index is -0.264. The zero-order valence-electron chi connectivity index (χ0n) is 15.7. The Balaban J connectivity index is 1.60. The SMILES string of the molecule is COc1ccccc1CNc1ccc(C(=O)Nc2ccc(C(C)=O)cc2)cn1. The van der Waals surface area contributed by atoms with E-state index in [1.54, 1.807) is 43.5 Å². The maximum atomic E-state index is 12.4. The molecule has 1 amide bonds. The first-order valence-electron chi connectivity index (χ1n) is 8.81. The molecule has 28 heavy (non-hydrogen) atoms. The number of rotatable bonds is 7. The van der Waals surface area contributed by atoms with Crippen LogP contribution in [0.1, 0.15) is 33.2 Å². The fraction of sp³-hybridized carbons (Fsp3) is 0.136. The average molecular weight is 375 g/mol. The summed E-state index contributed by atoms with van der Waals surface area (Å²) in [7, 11) is 1.64. The van der Waals surface area contributed by atoms with Crippen molar-refractivity contribution in [2.45, 2.75) is 13.5 Å². The molecule has 0 saturated carbocycles. The van der Waals surface area contributed by atoms with E-state index < -0.39 is 0 Å². The van der Waals surface area contributed by atoms with Crippen LogP contribution in [0.15, 0.2) is 66.9 Å². The van der Waals surface area contributed by atoms with Crippen molar-refractivity contribution in [2.75, 3.05) is 17.7 Å². The predicted octanol–water partition coefficient (Wildman–Crippen LogP) is 4.16. The number of aromatic nitrogens is 1. The summed E-state index contributed by atoms with van der Waals surface area (Å²) in [6, 6.07) is 18.0. The third-order valence-electron chi connectivity index (χ3n) is 4.23. The second kappa shape index (κ2) is 8.81. The molecule has 0 spiro atoms. The number of Topliss-reactive ketones (excluding diaryl/α,β-unsaturated/α-hetero) is 1. The van der Waals surface area contributed by atoms with Crippen LogP contribution in [0.25, 0.3) is 0 Å². The molecule has 1 heterocycles. The molecule has 0 saturated heterocycles. The Hall–Kier alpha value is -3.67. The Morgan fingerprint density at radius 2 is 1.68 bits per heavy atom. The molecule has 3 rings (SSSR count). The van der Waals surface area contributed by atoms with Crippen molar-refractivity contribution in [2.24, 2.45) is 0 Å². The zero-order chi connectivity index (χ0) is 19.9. The van der Waals surface area contributed by atoms with Crippen molar-refractivity contribution in [1.82, 2.24) is 4.98 Å². The number of hydrogen-bond acceptors (Lipinski definition) is 5. The van der Waals surface area contributed by atoms with Crippen LogP contribution < -0.4 is 15.4 Å². The lowest BCUT2D eigenvalue weighted by Crippen LogP contribution is -2.12. The van der Waals surface area contributed by atoms with Gasteiger partial charge in [-0.15, -0.1) is 0 Å². The normalized spacial score (nSPS) is 10.2. The lowest BCUT2D eigenvalue weighted by atomic mass is 10.1. The van der Waals surface area contributed by atoms with E-state index in [4.69, 9.17) is 4.74 Å². The van der Waals surface area contributed by atoms with Crippen molar-refractivity contribution in [3.05, 3.63) is 83.6 Å². The molecule has 0 bridgehead atoms. The third kappa shape index (κ3) is 4.73. The van der Waals surface area contributed by atoms with Gasteiger partial charge in [-0.1, -0.05) is 18.2 Å². The first-order valence-corrected chi connectivity index (χ1v) is 8.81. The number of ether oxygens (including phenoxy) is 1. The standard InChI is InChI=1S/C22H21N3O3/c1-15(26)16-7-10-19(11-8-16)25-22(27)18-9-12-21(24-14-18)23-13-17-5-3-4-6-20(17)28-2/h3-12,14H,13H2,1-2H3,(H,23,24)(H,25,27). The van der Waals surface area contributed by atoms with Gasteiger partial charge in [0.2, 0.25) is 0 Å². The van der Waals surface area contributed by atoms with Gasteiger partial charge in [-0.2, -0.15) is 0 Å². The topological polar surface area (TPSA) is 80.3 Å². The Bertz CT molecular complexity index is 967. The van der Waals surface area contributed by atoms with Gasteiger partial charge in [-0.25, -0.2) is 4.98 Å². The van der Waals surface area contributed by atoms with Gasteiger partial charge in [0.05, 0.1) is 12.7 Å². The van der Waals surface area contributed by atoms with Crippen LogP contribution in [-0.4, -0.2) is 23.8 Å². The van der Waals surface area contributed by atoms with E-state index in [1.165, 1.54) is 13.1 Å². The maximum Gasteiger partial charge on any atom is 0.257 e. The molecule has 1 aromatic heterocycles. The first-order chi connectivity index (χ1) is 13.6. The van der Waals surface area contributed by atoms with Crippen LogP contribution >= 0.6 is 0 Å². The molecule has 3 aromatic rings. The minimum absolute atomic E-state index is 0.0155. The van der Waals surface area contributed by atoms with Gasteiger partial charge >= 0.3 is 0 Å². The molecule has 0 atom stereocenters. The molecule has 0 aliphatic heterocycles. The van der Waals surface area contributed by atoms with Crippen molar-refractivity contribution >= 4 is 23.2 Å². The predicted molar refractivity (Wildman–Crippen MR) is 109 cm³/mol. The third-order valence-corrected chi connectivity index (χ3v) is 4.23. The van der Waals surface area contributed by atoms with Gasteiger partial charge in [0.15, 0.2) is 5.78 Å². The van der Waals surface area contributed by atoms with Gasteiger partial charge in [0, 0.05) is 29.6 Å². The number of benzene rings is 2. The molecule has 6 nitrogen and oxygen atoms in total. The highest BCUT2D eigenvalue weighted by molar-refractivity contribution is 6.04. The summed E-state index contributed by atoms with van der Waals surface area (Å²) in [5.41, 5.74) is 2.68. The largest absolute Gasteiger partial charge is 0.496 e. The summed E-state index contributed by atoms with van der Waals surface area (Å²) in [5, 5.41) is 6.00. The van der Waals surface area contributed by atoms with E-state index in [1.807, 2.05) is 24.3 Å². The number of hydrogen-bond donors (Lipinski definition) is 2. The van der Waals surface area contributed by atoms with Gasteiger partial charge in [-0.05, 0) is 49.4 Å². The summed E-state index contributed by atoms with van der Waals surface area (Å²) in [6.45, 7) is 2.06. The highest BCUT2D eigenvalue weighted by Crippen LogP contribution is 2.18. The molecule has 142 valence electrons. The Morgan fingerprint density at radius 1 is 0.964 bits per heavy atom. The van der Waals surface area contributed by atoms with Crippen LogP contribution in [0.3, 0.4) is 0 Å². The van der Waals surface area contributed by atoms with E-state index in [2.05, 4.69) is 15.6 Å². The number of anilines is 2.